The molecule has 2 aromatic rings. The van der Waals surface area contributed by atoms with E-state index in [1.807, 2.05) is 19.0 Å². The highest BCUT2D eigenvalue weighted by molar-refractivity contribution is 6.46. The van der Waals surface area contributed by atoms with Crippen LogP contribution in [0.1, 0.15) is 17.2 Å². The first kappa shape index (κ1) is 22.3. The van der Waals surface area contributed by atoms with Crippen LogP contribution in [0.25, 0.3) is 5.76 Å². The summed E-state index contributed by atoms with van der Waals surface area (Å²) in [5.74, 6) is -0.944. The van der Waals surface area contributed by atoms with Crippen molar-refractivity contribution in [2.45, 2.75) is 6.04 Å². The Morgan fingerprint density at radius 2 is 1.79 bits per heavy atom. The number of ketones is 1. The summed E-state index contributed by atoms with van der Waals surface area (Å²) in [7, 11) is 3.68. The normalized spacial score (nSPS) is 19.2. The molecule has 2 aliphatic rings. The van der Waals surface area contributed by atoms with Gasteiger partial charge in [-0.2, -0.15) is 0 Å². The molecular formula is C23H23N3O7. The van der Waals surface area contributed by atoms with Crippen LogP contribution in [-0.2, 0) is 9.59 Å². The fourth-order valence-corrected chi connectivity index (χ4v) is 3.89. The molecule has 4 rings (SSSR count). The summed E-state index contributed by atoms with van der Waals surface area (Å²) in [4.78, 5) is 39.7. The minimum absolute atomic E-state index is 0.0794. The number of carbonyl (C=O) groups is 2. The first-order valence-electron chi connectivity index (χ1n) is 10.4. The topological polar surface area (TPSA) is 122 Å². The largest absolute Gasteiger partial charge is 0.507 e. The van der Waals surface area contributed by atoms with Crippen molar-refractivity contribution in [2.24, 2.45) is 0 Å². The maximum absolute atomic E-state index is 13.0. The van der Waals surface area contributed by atoms with Gasteiger partial charge >= 0.3 is 0 Å². The number of aliphatic hydroxyl groups is 1. The number of Topliss-reactive ketones (excluding diaryl/α,β-unsaturated/α-hetero) is 1. The average molecular weight is 453 g/mol. The van der Waals surface area contributed by atoms with Crippen molar-refractivity contribution in [3.63, 3.8) is 0 Å². The smallest absolute Gasteiger partial charge is 0.295 e. The summed E-state index contributed by atoms with van der Waals surface area (Å²) in [6.45, 7) is 1.49. The minimum atomic E-state index is -0.890. The summed E-state index contributed by atoms with van der Waals surface area (Å²) in [5.41, 5.74) is 0.592. The zero-order valence-electron chi connectivity index (χ0n) is 18.2. The molecule has 1 fully saturated rings. The number of carbonyl (C=O) groups excluding carboxylic acids is 2. The number of rotatable bonds is 6. The first-order chi connectivity index (χ1) is 15.8. The summed E-state index contributed by atoms with van der Waals surface area (Å²) in [6.07, 6.45) is 0. The van der Waals surface area contributed by atoms with Gasteiger partial charge < -0.3 is 24.4 Å². The van der Waals surface area contributed by atoms with Crippen LogP contribution >= 0.6 is 0 Å². The molecule has 1 amide bonds. The molecule has 172 valence electrons. The van der Waals surface area contributed by atoms with E-state index in [1.165, 1.54) is 29.2 Å². The number of ether oxygens (including phenoxy) is 2. The molecule has 0 aromatic heterocycles. The van der Waals surface area contributed by atoms with Crippen LogP contribution in [0, 0.1) is 10.1 Å². The highest BCUT2D eigenvalue weighted by Gasteiger charge is 2.46. The van der Waals surface area contributed by atoms with Gasteiger partial charge in [-0.3, -0.25) is 19.7 Å². The Morgan fingerprint density at radius 3 is 2.42 bits per heavy atom. The number of amides is 1. The lowest BCUT2D eigenvalue weighted by molar-refractivity contribution is -0.384. The maximum atomic E-state index is 13.0. The van der Waals surface area contributed by atoms with Gasteiger partial charge in [0.1, 0.15) is 19.0 Å². The van der Waals surface area contributed by atoms with E-state index >= 15 is 0 Å². The number of fused-ring (bicyclic) bond motifs is 1. The molecule has 0 saturated carbocycles. The van der Waals surface area contributed by atoms with E-state index in [4.69, 9.17) is 9.47 Å². The summed E-state index contributed by atoms with van der Waals surface area (Å²) in [5, 5.41) is 22.2. The Labute approximate surface area is 189 Å². The van der Waals surface area contributed by atoms with Crippen molar-refractivity contribution in [1.29, 1.82) is 0 Å². The quantitative estimate of drug-likeness (QED) is 0.233. The molecule has 10 heteroatoms. The third-order valence-corrected chi connectivity index (χ3v) is 5.56. The third-order valence-electron chi connectivity index (χ3n) is 5.56. The molecule has 1 N–H and O–H groups in total. The second kappa shape index (κ2) is 8.91. The van der Waals surface area contributed by atoms with Crippen LogP contribution in [-0.4, -0.2) is 71.9 Å². The number of hydrogen-bond donors (Lipinski definition) is 1. The number of aliphatic hydroxyl groups excluding tert-OH is 1. The van der Waals surface area contributed by atoms with E-state index in [1.54, 1.807) is 18.2 Å². The van der Waals surface area contributed by atoms with Gasteiger partial charge in [-0.25, -0.2) is 0 Å². The number of nitro benzene ring substituents is 1. The van der Waals surface area contributed by atoms with E-state index < -0.39 is 22.7 Å². The van der Waals surface area contributed by atoms with Gasteiger partial charge in [-0.1, -0.05) is 0 Å². The van der Waals surface area contributed by atoms with Gasteiger partial charge in [0.2, 0.25) is 0 Å². The lowest BCUT2D eigenvalue weighted by Crippen LogP contribution is -2.35. The molecular weight excluding hydrogens is 430 g/mol. The molecule has 0 aliphatic carbocycles. The summed E-state index contributed by atoms with van der Waals surface area (Å²) in [6, 6.07) is 9.50. The molecule has 0 radical (unpaired) electrons. The summed E-state index contributed by atoms with van der Waals surface area (Å²) < 4.78 is 11.1. The van der Waals surface area contributed by atoms with Gasteiger partial charge in [-0.15, -0.1) is 0 Å². The molecule has 0 bridgehead atoms. The van der Waals surface area contributed by atoms with Gasteiger partial charge in [0.25, 0.3) is 17.4 Å². The van der Waals surface area contributed by atoms with E-state index in [9.17, 15) is 24.8 Å². The Kier molecular flexibility index (Phi) is 6.01. The lowest BCUT2D eigenvalue weighted by atomic mass is 9.95. The van der Waals surface area contributed by atoms with Crippen LogP contribution in [0.5, 0.6) is 11.5 Å². The second-order valence-corrected chi connectivity index (χ2v) is 8.00. The fraction of sp³-hybridized carbons (Fsp3) is 0.304. The number of hydrogen-bond acceptors (Lipinski definition) is 8. The molecule has 2 aromatic carbocycles. The number of nitro groups is 1. The monoisotopic (exact) mass is 453 g/mol. The summed E-state index contributed by atoms with van der Waals surface area (Å²) >= 11 is 0. The Morgan fingerprint density at radius 1 is 1.12 bits per heavy atom. The molecule has 0 spiro atoms. The predicted octanol–water partition coefficient (Wildman–Crippen LogP) is 2.35. The van der Waals surface area contributed by atoms with E-state index in [0.717, 1.165) is 0 Å². The van der Waals surface area contributed by atoms with Crippen LogP contribution in [0.3, 0.4) is 0 Å². The molecule has 33 heavy (non-hydrogen) atoms. The van der Waals surface area contributed by atoms with Crippen molar-refractivity contribution in [3.8, 4) is 11.5 Å². The first-order valence-corrected chi connectivity index (χ1v) is 10.4. The highest BCUT2D eigenvalue weighted by Crippen LogP contribution is 2.41. The Bertz CT molecular complexity index is 1140. The zero-order valence-corrected chi connectivity index (χ0v) is 18.2. The van der Waals surface area contributed by atoms with Crippen LogP contribution in [0.15, 0.2) is 48.0 Å². The standard InChI is InChI=1S/C23H23N3O7/c1-24(2)9-10-25-20(14-3-6-16(7-4-14)26(30)31)19(22(28)23(25)29)21(27)15-5-8-17-18(13-15)33-12-11-32-17/h3-8,13,20,27H,9-12H2,1-2H3/b21-19+/t20-/m1/s1. The molecule has 10 nitrogen and oxygen atoms in total. The van der Waals surface area contributed by atoms with Gasteiger partial charge in [0.05, 0.1) is 16.5 Å². The molecule has 2 aliphatic heterocycles. The van der Waals surface area contributed by atoms with Crippen LogP contribution in [0.4, 0.5) is 5.69 Å². The molecule has 2 heterocycles. The number of nitrogens with zero attached hydrogens (tertiary/aromatic N) is 3. The lowest BCUT2D eigenvalue weighted by Gasteiger charge is -2.26. The Hall–Kier alpha value is -3.92. The molecule has 0 unspecified atom stereocenters. The van der Waals surface area contributed by atoms with Crippen LogP contribution < -0.4 is 9.47 Å². The third kappa shape index (κ3) is 4.24. The van der Waals surface area contributed by atoms with Gasteiger partial charge in [0.15, 0.2) is 11.5 Å². The van der Waals surface area contributed by atoms with Gasteiger partial charge in [0, 0.05) is 30.8 Å². The van der Waals surface area contributed by atoms with Gasteiger partial charge in [-0.05, 0) is 50.0 Å². The number of benzene rings is 2. The number of likely N-dealkylation sites (tertiary alicyclic amines) is 1. The molecule has 1 atom stereocenters. The van der Waals surface area contributed by atoms with Crippen molar-refractivity contribution in [3.05, 3.63) is 69.3 Å². The second-order valence-electron chi connectivity index (χ2n) is 8.00. The Balaban J connectivity index is 1.81. The average Bonchev–Trinajstić information content (AvgIpc) is 3.06. The number of non-ortho nitro benzene ring substituents is 1. The number of likely N-dealkylation sites (N-methyl/N-ethyl adjacent to an activating group) is 1. The van der Waals surface area contributed by atoms with E-state index in [2.05, 4.69) is 0 Å². The maximum Gasteiger partial charge on any atom is 0.295 e. The van der Waals surface area contributed by atoms with Crippen molar-refractivity contribution in [1.82, 2.24) is 9.80 Å². The fourth-order valence-electron chi connectivity index (χ4n) is 3.89. The van der Waals surface area contributed by atoms with Crippen LogP contribution in [0.2, 0.25) is 0 Å². The van der Waals surface area contributed by atoms with Crippen molar-refractivity contribution in [2.75, 3.05) is 40.4 Å². The SMILES string of the molecule is CN(C)CCN1C(=O)C(=O)/C(=C(/O)c2ccc3c(c2)OCCO3)[C@H]1c1ccc([N+](=O)[O-])cc1. The minimum Gasteiger partial charge on any atom is -0.507 e. The van der Waals surface area contributed by atoms with Crippen molar-refractivity contribution < 1.29 is 29.1 Å². The zero-order chi connectivity index (χ0) is 23.7. The predicted molar refractivity (Wildman–Crippen MR) is 118 cm³/mol. The van der Waals surface area contributed by atoms with E-state index in [0.29, 0.717) is 42.4 Å². The molecule has 1 saturated heterocycles. The van der Waals surface area contributed by atoms with Crippen molar-refractivity contribution >= 4 is 23.1 Å². The highest BCUT2D eigenvalue weighted by atomic mass is 16.6. The van der Waals surface area contributed by atoms with E-state index in [-0.39, 0.29) is 23.6 Å².